The lowest BCUT2D eigenvalue weighted by molar-refractivity contribution is 0.0979. The Morgan fingerprint density at radius 2 is 2.05 bits per heavy atom. The lowest BCUT2D eigenvalue weighted by Crippen LogP contribution is -2.39. The third kappa shape index (κ3) is 2.99. The summed E-state index contributed by atoms with van der Waals surface area (Å²) < 4.78 is 5.21. The van der Waals surface area contributed by atoms with Gasteiger partial charge in [-0.25, -0.2) is 4.98 Å². The molecule has 1 aromatic carbocycles. The van der Waals surface area contributed by atoms with Crippen LogP contribution < -0.4 is 9.64 Å². The van der Waals surface area contributed by atoms with Crippen molar-refractivity contribution in [2.24, 2.45) is 5.92 Å². The fourth-order valence-electron chi connectivity index (χ4n) is 2.65. The fraction of sp³-hybridized carbons (Fsp3) is 0.412. The van der Waals surface area contributed by atoms with Crippen LogP contribution in [0.15, 0.2) is 30.5 Å². The number of benzene rings is 1. The molecule has 0 aliphatic heterocycles. The number of aryl methyl sites for hydroxylation is 1. The minimum Gasteiger partial charge on any atom is -0.497 e. The number of ether oxygens (including phenoxy) is 1. The standard InChI is InChI=1S/C17H20N2O2S/c1-11(13-4-5-13)19(14-6-8-15(21-3)9-7-14)17(20)16-10-18-12(2)22-16/h6-11,13H,4-5H2,1-3H3/t11-/m1/s1. The summed E-state index contributed by atoms with van der Waals surface area (Å²) in [6, 6.07) is 7.89. The van der Waals surface area contributed by atoms with E-state index in [1.807, 2.05) is 36.1 Å². The Balaban J connectivity index is 1.93. The molecule has 3 rings (SSSR count). The van der Waals surface area contributed by atoms with Crippen LogP contribution in [0.25, 0.3) is 0 Å². The van der Waals surface area contributed by atoms with Gasteiger partial charge in [-0.3, -0.25) is 4.79 Å². The van der Waals surface area contributed by atoms with Gasteiger partial charge in [0.15, 0.2) is 0 Å². The van der Waals surface area contributed by atoms with Gasteiger partial charge in [-0.2, -0.15) is 0 Å². The van der Waals surface area contributed by atoms with Crippen LogP contribution in [0.3, 0.4) is 0 Å². The molecule has 0 bridgehead atoms. The van der Waals surface area contributed by atoms with Gasteiger partial charge < -0.3 is 9.64 Å². The van der Waals surface area contributed by atoms with Crippen molar-refractivity contribution in [3.8, 4) is 5.75 Å². The van der Waals surface area contributed by atoms with E-state index in [-0.39, 0.29) is 11.9 Å². The summed E-state index contributed by atoms with van der Waals surface area (Å²) in [4.78, 5) is 19.8. The molecule has 1 aliphatic rings. The molecule has 0 N–H and O–H groups in total. The number of carbonyl (C=O) groups is 1. The monoisotopic (exact) mass is 316 g/mol. The number of thiazole rings is 1. The van der Waals surface area contributed by atoms with E-state index in [9.17, 15) is 4.79 Å². The highest BCUT2D eigenvalue weighted by Crippen LogP contribution is 2.38. The molecule has 0 saturated heterocycles. The number of nitrogens with zero attached hydrogens (tertiary/aromatic N) is 2. The van der Waals surface area contributed by atoms with Gasteiger partial charge in [0.1, 0.15) is 10.6 Å². The molecule has 2 aromatic rings. The van der Waals surface area contributed by atoms with Crippen molar-refractivity contribution in [2.75, 3.05) is 12.0 Å². The maximum Gasteiger partial charge on any atom is 0.270 e. The number of hydrogen-bond donors (Lipinski definition) is 0. The van der Waals surface area contributed by atoms with Gasteiger partial charge in [0.25, 0.3) is 5.91 Å². The van der Waals surface area contributed by atoms with Crippen LogP contribution in [0.4, 0.5) is 5.69 Å². The third-order valence-electron chi connectivity index (χ3n) is 4.11. The summed E-state index contributed by atoms with van der Waals surface area (Å²) >= 11 is 1.45. The average molecular weight is 316 g/mol. The van der Waals surface area contributed by atoms with Crippen molar-refractivity contribution in [1.82, 2.24) is 4.98 Å². The van der Waals surface area contributed by atoms with E-state index in [1.54, 1.807) is 13.3 Å². The van der Waals surface area contributed by atoms with Crippen molar-refractivity contribution in [3.05, 3.63) is 40.3 Å². The van der Waals surface area contributed by atoms with E-state index < -0.39 is 0 Å². The first-order valence-electron chi connectivity index (χ1n) is 7.50. The van der Waals surface area contributed by atoms with Crippen molar-refractivity contribution in [3.63, 3.8) is 0 Å². The maximum atomic E-state index is 13.0. The smallest absolute Gasteiger partial charge is 0.270 e. The van der Waals surface area contributed by atoms with E-state index in [4.69, 9.17) is 4.74 Å². The van der Waals surface area contributed by atoms with Crippen molar-refractivity contribution >= 4 is 22.9 Å². The molecule has 22 heavy (non-hydrogen) atoms. The lowest BCUT2D eigenvalue weighted by atomic mass is 10.1. The number of aromatic nitrogens is 1. The zero-order valence-electron chi connectivity index (χ0n) is 13.1. The predicted molar refractivity (Wildman–Crippen MR) is 88.8 cm³/mol. The third-order valence-corrected chi connectivity index (χ3v) is 5.01. The second-order valence-electron chi connectivity index (χ2n) is 5.69. The molecule has 0 radical (unpaired) electrons. The van der Waals surface area contributed by atoms with Crippen molar-refractivity contribution < 1.29 is 9.53 Å². The summed E-state index contributed by atoms with van der Waals surface area (Å²) in [5.41, 5.74) is 0.913. The molecule has 0 unspecified atom stereocenters. The van der Waals surface area contributed by atoms with Crippen LogP contribution in [0.5, 0.6) is 5.75 Å². The Kier molecular flexibility index (Phi) is 4.16. The number of anilines is 1. The molecule has 116 valence electrons. The maximum absolute atomic E-state index is 13.0. The van der Waals surface area contributed by atoms with Gasteiger partial charge in [0, 0.05) is 11.7 Å². The molecule has 1 aliphatic carbocycles. The molecule has 5 heteroatoms. The summed E-state index contributed by atoms with van der Waals surface area (Å²) in [5, 5.41) is 0.914. The van der Waals surface area contributed by atoms with Gasteiger partial charge >= 0.3 is 0 Å². The summed E-state index contributed by atoms with van der Waals surface area (Å²) in [7, 11) is 1.64. The minimum absolute atomic E-state index is 0.0372. The van der Waals surface area contributed by atoms with Crippen LogP contribution in [0, 0.1) is 12.8 Å². The summed E-state index contributed by atoms with van der Waals surface area (Å²) in [6.45, 7) is 4.05. The van der Waals surface area contributed by atoms with Crippen LogP contribution in [0.1, 0.15) is 34.4 Å². The van der Waals surface area contributed by atoms with Crippen LogP contribution in [-0.2, 0) is 0 Å². The van der Waals surface area contributed by atoms with E-state index in [2.05, 4.69) is 11.9 Å². The molecular formula is C17H20N2O2S. The normalized spacial score (nSPS) is 15.4. The highest BCUT2D eigenvalue weighted by molar-refractivity contribution is 7.13. The Hall–Kier alpha value is -1.88. The second kappa shape index (κ2) is 6.08. The topological polar surface area (TPSA) is 42.4 Å². The Labute approximate surface area is 134 Å². The molecule has 4 nitrogen and oxygen atoms in total. The molecule has 1 aromatic heterocycles. The SMILES string of the molecule is COc1ccc(N(C(=O)c2cnc(C)s2)[C@H](C)C2CC2)cc1. The first-order valence-corrected chi connectivity index (χ1v) is 8.32. The number of hydrogen-bond acceptors (Lipinski definition) is 4. The Morgan fingerprint density at radius 1 is 1.36 bits per heavy atom. The minimum atomic E-state index is 0.0372. The summed E-state index contributed by atoms with van der Waals surface area (Å²) in [5.74, 6) is 1.43. The predicted octanol–water partition coefficient (Wildman–Crippen LogP) is 3.91. The average Bonchev–Trinajstić information content (AvgIpc) is 3.29. The van der Waals surface area contributed by atoms with E-state index in [1.165, 1.54) is 24.2 Å². The van der Waals surface area contributed by atoms with Gasteiger partial charge in [0.2, 0.25) is 0 Å². The first-order chi connectivity index (χ1) is 10.6. The number of rotatable bonds is 5. The molecule has 1 atom stereocenters. The van der Waals surface area contributed by atoms with Crippen LogP contribution in [-0.4, -0.2) is 24.0 Å². The Bertz CT molecular complexity index is 662. The Morgan fingerprint density at radius 3 is 2.55 bits per heavy atom. The van der Waals surface area contributed by atoms with E-state index in [0.29, 0.717) is 10.8 Å². The van der Waals surface area contributed by atoms with Gasteiger partial charge in [-0.15, -0.1) is 11.3 Å². The number of amides is 1. The number of methoxy groups -OCH3 is 1. The van der Waals surface area contributed by atoms with E-state index in [0.717, 1.165) is 16.4 Å². The van der Waals surface area contributed by atoms with Crippen LogP contribution in [0.2, 0.25) is 0 Å². The molecule has 1 heterocycles. The molecule has 1 fully saturated rings. The highest BCUT2D eigenvalue weighted by Gasteiger charge is 2.36. The quantitative estimate of drug-likeness (QED) is 0.840. The zero-order chi connectivity index (χ0) is 15.7. The van der Waals surface area contributed by atoms with E-state index >= 15 is 0 Å². The van der Waals surface area contributed by atoms with Gasteiger partial charge in [-0.05, 0) is 56.9 Å². The van der Waals surface area contributed by atoms with Gasteiger partial charge in [-0.1, -0.05) is 0 Å². The lowest BCUT2D eigenvalue weighted by Gasteiger charge is -2.29. The molecule has 1 saturated carbocycles. The van der Waals surface area contributed by atoms with Gasteiger partial charge in [0.05, 0.1) is 18.3 Å². The largest absolute Gasteiger partial charge is 0.497 e. The van der Waals surface area contributed by atoms with Crippen molar-refractivity contribution in [2.45, 2.75) is 32.7 Å². The molecule has 1 amide bonds. The fourth-order valence-corrected chi connectivity index (χ4v) is 3.36. The second-order valence-corrected chi connectivity index (χ2v) is 6.93. The first kappa shape index (κ1) is 15.0. The number of carbonyl (C=O) groups excluding carboxylic acids is 1. The molecule has 0 spiro atoms. The zero-order valence-corrected chi connectivity index (χ0v) is 13.9. The summed E-state index contributed by atoms with van der Waals surface area (Å²) in [6.07, 6.45) is 4.07. The van der Waals surface area contributed by atoms with Crippen LogP contribution >= 0.6 is 11.3 Å². The van der Waals surface area contributed by atoms with Crippen molar-refractivity contribution in [1.29, 1.82) is 0 Å². The molecular weight excluding hydrogens is 296 g/mol. The highest BCUT2D eigenvalue weighted by atomic mass is 32.1.